The SMILES string of the molecule is CCCOC(C)(CC)C(=O)O. The van der Waals surface area contributed by atoms with Crippen LogP contribution in [-0.4, -0.2) is 23.3 Å². The van der Waals surface area contributed by atoms with E-state index in [2.05, 4.69) is 0 Å². The van der Waals surface area contributed by atoms with E-state index in [1.807, 2.05) is 13.8 Å². The minimum absolute atomic E-state index is 0.502. The number of carbonyl (C=O) groups is 1. The smallest absolute Gasteiger partial charge is 0.335 e. The van der Waals surface area contributed by atoms with Gasteiger partial charge >= 0.3 is 5.97 Å². The van der Waals surface area contributed by atoms with E-state index in [9.17, 15) is 4.79 Å². The Morgan fingerprint density at radius 3 is 2.36 bits per heavy atom. The number of hydrogen-bond acceptors (Lipinski definition) is 2. The molecule has 0 amide bonds. The van der Waals surface area contributed by atoms with Crippen LogP contribution >= 0.6 is 0 Å². The van der Waals surface area contributed by atoms with Gasteiger partial charge in [0, 0.05) is 6.61 Å². The van der Waals surface area contributed by atoms with Gasteiger partial charge in [0.25, 0.3) is 0 Å². The maximum atomic E-state index is 10.6. The maximum Gasteiger partial charge on any atom is 0.335 e. The van der Waals surface area contributed by atoms with Gasteiger partial charge in [-0.25, -0.2) is 4.79 Å². The first-order valence-corrected chi connectivity index (χ1v) is 3.94. The third-order valence-corrected chi connectivity index (χ3v) is 1.75. The normalized spacial score (nSPS) is 15.9. The van der Waals surface area contributed by atoms with Gasteiger partial charge in [-0.3, -0.25) is 0 Å². The monoisotopic (exact) mass is 160 g/mol. The third kappa shape index (κ3) is 2.89. The molecule has 0 aliphatic carbocycles. The van der Waals surface area contributed by atoms with Gasteiger partial charge < -0.3 is 9.84 Å². The average Bonchev–Trinajstić information content (AvgIpc) is 2.00. The van der Waals surface area contributed by atoms with Crippen LogP contribution in [0.4, 0.5) is 0 Å². The first-order chi connectivity index (χ1) is 5.06. The molecule has 0 fully saturated rings. The highest BCUT2D eigenvalue weighted by Gasteiger charge is 2.31. The van der Waals surface area contributed by atoms with Crippen molar-refractivity contribution >= 4 is 5.97 Å². The molecular formula is C8H16O3. The number of rotatable bonds is 5. The Balaban J connectivity index is 3.99. The second-order valence-electron chi connectivity index (χ2n) is 2.74. The van der Waals surface area contributed by atoms with E-state index in [-0.39, 0.29) is 0 Å². The standard InChI is InChI=1S/C8H16O3/c1-4-6-11-8(3,5-2)7(9)10/h4-6H2,1-3H3,(H,9,10). The number of carboxylic acid groups (broad SMARTS) is 1. The summed E-state index contributed by atoms with van der Waals surface area (Å²) in [6, 6.07) is 0. The highest BCUT2D eigenvalue weighted by Crippen LogP contribution is 2.15. The van der Waals surface area contributed by atoms with Crippen molar-refractivity contribution in [1.82, 2.24) is 0 Å². The second kappa shape index (κ2) is 4.34. The van der Waals surface area contributed by atoms with E-state index in [1.165, 1.54) is 0 Å². The number of hydrogen-bond donors (Lipinski definition) is 1. The summed E-state index contributed by atoms with van der Waals surface area (Å²) >= 11 is 0. The van der Waals surface area contributed by atoms with E-state index in [4.69, 9.17) is 9.84 Å². The molecule has 0 saturated carbocycles. The van der Waals surface area contributed by atoms with Crippen molar-refractivity contribution in [3.63, 3.8) is 0 Å². The van der Waals surface area contributed by atoms with Crippen LogP contribution in [0.25, 0.3) is 0 Å². The molecule has 0 aromatic carbocycles. The summed E-state index contributed by atoms with van der Waals surface area (Å²) < 4.78 is 5.19. The van der Waals surface area contributed by atoms with Crippen LogP contribution in [0.15, 0.2) is 0 Å². The van der Waals surface area contributed by atoms with Gasteiger partial charge in [0.2, 0.25) is 0 Å². The lowest BCUT2D eigenvalue weighted by Crippen LogP contribution is -2.37. The molecule has 0 heterocycles. The Morgan fingerprint density at radius 1 is 1.55 bits per heavy atom. The molecule has 3 heteroatoms. The van der Waals surface area contributed by atoms with Crippen molar-refractivity contribution in [2.45, 2.75) is 39.2 Å². The number of aliphatic carboxylic acids is 1. The summed E-state index contributed by atoms with van der Waals surface area (Å²) in [5, 5.41) is 8.73. The van der Waals surface area contributed by atoms with Crippen LogP contribution < -0.4 is 0 Å². The van der Waals surface area contributed by atoms with Gasteiger partial charge in [-0.15, -0.1) is 0 Å². The van der Waals surface area contributed by atoms with E-state index in [0.29, 0.717) is 13.0 Å². The van der Waals surface area contributed by atoms with Crippen LogP contribution in [0.2, 0.25) is 0 Å². The summed E-state index contributed by atoms with van der Waals surface area (Å²) in [5.41, 5.74) is -0.990. The summed E-state index contributed by atoms with van der Waals surface area (Å²) in [5.74, 6) is -0.881. The molecule has 0 rings (SSSR count). The zero-order valence-electron chi connectivity index (χ0n) is 7.39. The van der Waals surface area contributed by atoms with Gasteiger partial charge in [0.1, 0.15) is 0 Å². The molecule has 0 aromatic heterocycles. The topological polar surface area (TPSA) is 46.5 Å². The molecule has 0 aliphatic heterocycles. The zero-order chi connectivity index (χ0) is 8.91. The molecule has 0 spiro atoms. The van der Waals surface area contributed by atoms with Gasteiger partial charge in [0.05, 0.1) is 0 Å². The van der Waals surface area contributed by atoms with Gasteiger partial charge in [-0.05, 0) is 19.8 Å². The van der Waals surface area contributed by atoms with Crippen LogP contribution in [0.3, 0.4) is 0 Å². The Labute approximate surface area is 67.4 Å². The van der Waals surface area contributed by atoms with Crippen molar-refractivity contribution in [2.24, 2.45) is 0 Å². The van der Waals surface area contributed by atoms with E-state index < -0.39 is 11.6 Å². The molecule has 0 radical (unpaired) electrons. The summed E-state index contributed by atoms with van der Waals surface area (Å²) in [6.45, 7) is 5.88. The molecule has 11 heavy (non-hydrogen) atoms. The second-order valence-corrected chi connectivity index (χ2v) is 2.74. The number of carboxylic acids is 1. The molecule has 0 aliphatic rings. The lowest BCUT2D eigenvalue weighted by atomic mass is 10.0. The first kappa shape index (κ1) is 10.4. The molecule has 3 nitrogen and oxygen atoms in total. The van der Waals surface area contributed by atoms with E-state index in [1.54, 1.807) is 6.92 Å². The van der Waals surface area contributed by atoms with Crippen molar-refractivity contribution in [1.29, 1.82) is 0 Å². The highest BCUT2D eigenvalue weighted by molar-refractivity contribution is 5.76. The van der Waals surface area contributed by atoms with Gasteiger partial charge in [-0.2, -0.15) is 0 Å². The van der Waals surface area contributed by atoms with Crippen molar-refractivity contribution in [3.8, 4) is 0 Å². The van der Waals surface area contributed by atoms with Gasteiger partial charge in [-0.1, -0.05) is 13.8 Å². The molecule has 1 unspecified atom stereocenters. The van der Waals surface area contributed by atoms with Crippen LogP contribution in [-0.2, 0) is 9.53 Å². The van der Waals surface area contributed by atoms with E-state index >= 15 is 0 Å². The predicted molar refractivity (Wildman–Crippen MR) is 42.6 cm³/mol. The Hall–Kier alpha value is -0.570. The predicted octanol–water partition coefficient (Wildman–Crippen LogP) is 1.67. The van der Waals surface area contributed by atoms with Crippen molar-refractivity contribution in [2.75, 3.05) is 6.61 Å². The largest absolute Gasteiger partial charge is 0.479 e. The van der Waals surface area contributed by atoms with Gasteiger partial charge in [0.15, 0.2) is 5.60 Å². The lowest BCUT2D eigenvalue weighted by molar-refractivity contribution is -0.164. The summed E-state index contributed by atoms with van der Waals surface area (Å²) in [6.07, 6.45) is 1.35. The molecule has 0 aromatic rings. The molecule has 1 atom stereocenters. The quantitative estimate of drug-likeness (QED) is 0.665. The van der Waals surface area contributed by atoms with Crippen molar-refractivity contribution < 1.29 is 14.6 Å². The fourth-order valence-electron chi connectivity index (χ4n) is 0.642. The van der Waals surface area contributed by atoms with Crippen LogP contribution in [0.5, 0.6) is 0 Å². The van der Waals surface area contributed by atoms with E-state index in [0.717, 1.165) is 6.42 Å². The first-order valence-electron chi connectivity index (χ1n) is 3.94. The Morgan fingerprint density at radius 2 is 2.09 bits per heavy atom. The third-order valence-electron chi connectivity index (χ3n) is 1.75. The number of ether oxygens (including phenoxy) is 1. The van der Waals surface area contributed by atoms with Crippen LogP contribution in [0, 0.1) is 0 Å². The molecule has 0 saturated heterocycles. The molecular weight excluding hydrogens is 144 g/mol. The van der Waals surface area contributed by atoms with Crippen LogP contribution in [0.1, 0.15) is 33.6 Å². The molecule has 0 bridgehead atoms. The van der Waals surface area contributed by atoms with Crippen molar-refractivity contribution in [3.05, 3.63) is 0 Å². The fourth-order valence-corrected chi connectivity index (χ4v) is 0.642. The lowest BCUT2D eigenvalue weighted by Gasteiger charge is -2.22. The minimum Gasteiger partial charge on any atom is -0.479 e. The Bertz CT molecular complexity index is 133. The Kier molecular flexibility index (Phi) is 4.11. The average molecular weight is 160 g/mol. The fraction of sp³-hybridized carbons (Fsp3) is 0.875. The zero-order valence-corrected chi connectivity index (χ0v) is 7.39. The minimum atomic E-state index is -0.990. The maximum absolute atomic E-state index is 10.6. The highest BCUT2D eigenvalue weighted by atomic mass is 16.5. The summed E-state index contributed by atoms with van der Waals surface area (Å²) in [7, 11) is 0. The molecule has 66 valence electrons. The molecule has 1 N–H and O–H groups in total. The summed E-state index contributed by atoms with van der Waals surface area (Å²) in [4.78, 5) is 10.6.